The molecule has 0 aromatic carbocycles. The fraction of sp³-hybridized carbons (Fsp3) is 0.778. The molecule has 0 bridgehead atoms. The fourth-order valence-corrected chi connectivity index (χ4v) is 1.80. The van der Waals surface area contributed by atoms with E-state index in [4.69, 9.17) is 11.6 Å². The zero-order chi connectivity index (χ0) is 9.84. The third-order valence-electron chi connectivity index (χ3n) is 2.24. The van der Waals surface area contributed by atoms with Crippen molar-refractivity contribution in [3.63, 3.8) is 0 Å². The zero-order valence-corrected chi connectivity index (χ0v) is 9.17. The van der Waals surface area contributed by atoms with Crippen molar-refractivity contribution in [1.29, 1.82) is 0 Å². The first-order valence-corrected chi connectivity index (χ1v) is 5.11. The summed E-state index contributed by atoms with van der Waals surface area (Å²) < 4.78 is 1.98. The highest BCUT2D eigenvalue weighted by atomic mass is 35.5. The van der Waals surface area contributed by atoms with Gasteiger partial charge in [0.15, 0.2) is 0 Å². The average molecular weight is 202 g/mol. The summed E-state index contributed by atoms with van der Waals surface area (Å²) in [5.74, 6) is 0.897. The second-order valence-electron chi connectivity index (χ2n) is 3.38. The molecule has 0 saturated heterocycles. The molecule has 0 fully saturated rings. The van der Waals surface area contributed by atoms with Crippen molar-refractivity contribution in [2.45, 2.75) is 46.1 Å². The second kappa shape index (κ2) is 4.61. The standard InChI is InChI=1S/C9H16ClN3/c1-4-5-6-7(2)13-8(3)11-12-9(13)10/h7H,4-6H2,1-3H3. The van der Waals surface area contributed by atoms with Crippen LogP contribution in [-0.4, -0.2) is 14.8 Å². The first-order valence-electron chi connectivity index (χ1n) is 4.73. The summed E-state index contributed by atoms with van der Waals surface area (Å²) in [4.78, 5) is 0. The molecule has 0 N–H and O–H groups in total. The van der Waals surface area contributed by atoms with E-state index in [9.17, 15) is 0 Å². The van der Waals surface area contributed by atoms with Crippen LogP contribution in [0.25, 0.3) is 0 Å². The number of aromatic nitrogens is 3. The van der Waals surface area contributed by atoms with Crippen LogP contribution in [0.4, 0.5) is 0 Å². The highest BCUT2D eigenvalue weighted by Gasteiger charge is 2.12. The molecule has 1 rings (SSSR count). The lowest BCUT2D eigenvalue weighted by Crippen LogP contribution is -2.07. The summed E-state index contributed by atoms with van der Waals surface area (Å²) in [5, 5.41) is 8.25. The Hall–Kier alpha value is -0.570. The maximum atomic E-state index is 5.91. The quantitative estimate of drug-likeness (QED) is 0.750. The van der Waals surface area contributed by atoms with Gasteiger partial charge in [-0.05, 0) is 31.9 Å². The summed E-state index contributed by atoms with van der Waals surface area (Å²) in [6.45, 7) is 6.27. The number of unbranched alkanes of at least 4 members (excludes halogenated alkanes) is 1. The summed E-state index contributed by atoms with van der Waals surface area (Å²) in [6.07, 6.45) is 3.56. The van der Waals surface area contributed by atoms with E-state index < -0.39 is 0 Å². The largest absolute Gasteiger partial charge is 0.299 e. The molecule has 0 aliphatic heterocycles. The summed E-state index contributed by atoms with van der Waals surface area (Å²) in [5.41, 5.74) is 0. The molecule has 3 nitrogen and oxygen atoms in total. The molecular formula is C9H16ClN3. The number of nitrogens with zero attached hydrogens (tertiary/aromatic N) is 3. The van der Waals surface area contributed by atoms with Crippen LogP contribution >= 0.6 is 11.6 Å². The van der Waals surface area contributed by atoms with Gasteiger partial charge in [-0.1, -0.05) is 19.8 Å². The van der Waals surface area contributed by atoms with Gasteiger partial charge in [0.1, 0.15) is 5.82 Å². The van der Waals surface area contributed by atoms with E-state index in [0.717, 1.165) is 12.2 Å². The van der Waals surface area contributed by atoms with Gasteiger partial charge in [-0.3, -0.25) is 4.57 Å². The molecule has 1 aromatic rings. The predicted molar refractivity (Wildman–Crippen MR) is 54.0 cm³/mol. The third kappa shape index (κ3) is 2.44. The molecule has 1 atom stereocenters. The minimum atomic E-state index is 0.405. The summed E-state index contributed by atoms with van der Waals surface area (Å²) >= 11 is 5.91. The number of halogens is 1. The maximum Gasteiger partial charge on any atom is 0.225 e. The molecule has 13 heavy (non-hydrogen) atoms. The van der Waals surface area contributed by atoms with E-state index in [-0.39, 0.29) is 0 Å². The first-order chi connectivity index (χ1) is 6.16. The predicted octanol–water partition coefficient (Wildman–Crippen LogP) is 2.99. The molecule has 0 aliphatic rings. The first kappa shape index (κ1) is 10.5. The molecule has 0 amide bonds. The van der Waals surface area contributed by atoms with Crippen LogP contribution in [0.1, 0.15) is 45.0 Å². The van der Waals surface area contributed by atoms with Gasteiger partial charge in [-0.2, -0.15) is 0 Å². The minimum Gasteiger partial charge on any atom is -0.299 e. The Bertz CT molecular complexity index is 250. The van der Waals surface area contributed by atoms with Crippen LogP contribution in [0.15, 0.2) is 0 Å². The van der Waals surface area contributed by atoms with Crippen LogP contribution in [0.2, 0.25) is 5.28 Å². The van der Waals surface area contributed by atoms with E-state index in [0.29, 0.717) is 11.3 Å². The highest BCUT2D eigenvalue weighted by Crippen LogP contribution is 2.20. The molecule has 1 aromatic heterocycles. The Morgan fingerprint density at radius 3 is 2.62 bits per heavy atom. The Balaban J connectivity index is 2.69. The zero-order valence-electron chi connectivity index (χ0n) is 8.42. The lowest BCUT2D eigenvalue weighted by molar-refractivity contribution is 0.476. The van der Waals surface area contributed by atoms with Crippen LogP contribution in [0.3, 0.4) is 0 Å². The van der Waals surface area contributed by atoms with E-state index in [2.05, 4.69) is 24.0 Å². The van der Waals surface area contributed by atoms with Crippen LogP contribution in [0, 0.1) is 6.92 Å². The Morgan fingerprint density at radius 1 is 1.46 bits per heavy atom. The highest BCUT2D eigenvalue weighted by molar-refractivity contribution is 6.28. The molecule has 0 aliphatic carbocycles. The van der Waals surface area contributed by atoms with Crippen LogP contribution < -0.4 is 0 Å². The molecular weight excluding hydrogens is 186 g/mol. The second-order valence-corrected chi connectivity index (χ2v) is 3.72. The maximum absolute atomic E-state index is 5.91. The van der Waals surface area contributed by atoms with E-state index in [1.165, 1.54) is 12.8 Å². The van der Waals surface area contributed by atoms with E-state index >= 15 is 0 Å². The third-order valence-corrected chi connectivity index (χ3v) is 2.50. The van der Waals surface area contributed by atoms with Gasteiger partial charge in [0, 0.05) is 6.04 Å². The lowest BCUT2D eigenvalue weighted by Gasteiger charge is -2.14. The van der Waals surface area contributed by atoms with Gasteiger partial charge in [-0.25, -0.2) is 0 Å². The van der Waals surface area contributed by atoms with Crippen molar-refractivity contribution in [3.8, 4) is 0 Å². The monoisotopic (exact) mass is 201 g/mol. The van der Waals surface area contributed by atoms with Crippen molar-refractivity contribution < 1.29 is 0 Å². The van der Waals surface area contributed by atoms with Gasteiger partial charge in [0.05, 0.1) is 0 Å². The number of hydrogen-bond acceptors (Lipinski definition) is 2. The van der Waals surface area contributed by atoms with Crippen LogP contribution in [0.5, 0.6) is 0 Å². The van der Waals surface area contributed by atoms with E-state index in [1.54, 1.807) is 0 Å². The Morgan fingerprint density at radius 2 is 2.15 bits per heavy atom. The normalized spacial score (nSPS) is 13.2. The smallest absolute Gasteiger partial charge is 0.225 e. The van der Waals surface area contributed by atoms with Gasteiger partial charge in [-0.15, -0.1) is 10.2 Å². The van der Waals surface area contributed by atoms with Crippen molar-refractivity contribution >= 4 is 11.6 Å². The summed E-state index contributed by atoms with van der Waals surface area (Å²) in [6, 6.07) is 0.405. The Kier molecular flexibility index (Phi) is 3.72. The van der Waals surface area contributed by atoms with Gasteiger partial charge in [0.25, 0.3) is 0 Å². The van der Waals surface area contributed by atoms with E-state index in [1.807, 2.05) is 11.5 Å². The molecule has 0 radical (unpaired) electrons. The minimum absolute atomic E-state index is 0.405. The van der Waals surface area contributed by atoms with Crippen molar-refractivity contribution in [3.05, 3.63) is 11.1 Å². The van der Waals surface area contributed by atoms with Crippen LogP contribution in [-0.2, 0) is 0 Å². The Labute approximate surface area is 84.1 Å². The van der Waals surface area contributed by atoms with Gasteiger partial charge >= 0.3 is 0 Å². The van der Waals surface area contributed by atoms with Gasteiger partial charge in [0.2, 0.25) is 5.28 Å². The molecule has 74 valence electrons. The molecule has 1 heterocycles. The topological polar surface area (TPSA) is 30.7 Å². The van der Waals surface area contributed by atoms with Gasteiger partial charge < -0.3 is 0 Å². The average Bonchev–Trinajstić information content (AvgIpc) is 2.42. The number of rotatable bonds is 4. The SMILES string of the molecule is CCCCC(C)n1c(C)nnc1Cl. The summed E-state index contributed by atoms with van der Waals surface area (Å²) in [7, 11) is 0. The number of aryl methyl sites for hydroxylation is 1. The van der Waals surface area contributed by atoms with Crippen molar-refractivity contribution in [2.75, 3.05) is 0 Å². The molecule has 4 heteroatoms. The van der Waals surface area contributed by atoms with Crippen molar-refractivity contribution in [2.24, 2.45) is 0 Å². The molecule has 0 saturated carbocycles. The van der Waals surface area contributed by atoms with Crippen molar-refractivity contribution in [1.82, 2.24) is 14.8 Å². The molecule has 0 spiro atoms. The number of hydrogen-bond donors (Lipinski definition) is 0. The molecule has 1 unspecified atom stereocenters. The lowest BCUT2D eigenvalue weighted by atomic mass is 10.1. The fourth-order valence-electron chi connectivity index (χ4n) is 1.47.